The molecular weight excluding hydrogens is 248 g/mol. The van der Waals surface area contributed by atoms with E-state index in [1.165, 1.54) is 57.9 Å². The Morgan fingerprint density at radius 2 is 1.78 bits per heavy atom. The summed E-state index contributed by atoms with van der Waals surface area (Å²) in [5.41, 5.74) is 0.597. The van der Waals surface area contributed by atoms with Crippen LogP contribution in [0.4, 0.5) is 0 Å². The van der Waals surface area contributed by atoms with Gasteiger partial charge in [0.1, 0.15) is 9.84 Å². The van der Waals surface area contributed by atoms with Crippen LogP contribution < -0.4 is 10.6 Å². The van der Waals surface area contributed by atoms with E-state index in [9.17, 15) is 8.42 Å². The Bertz CT molecular complexity index is 351. The lowest BCUT2D eigenvalue weighted by molar-refractivity contribution is 0.116. The summed E-state index contributed by atoms with van der Waals surface area (Å²) in [6, 6.07) is 0.535. The van der Waals surface area contributed by atoms with E-state index in [1.54, 1.807) is 0 Å². The monoisotopic (exact) mass is 274 g/mol. The van der Waals surface area contributed by atoms with Gasteiger partial charge in [0, 0.05) is 18.8 Å². The van der Waals surface area contributed by atoms with E-state index in [-0.39, 0.29) is 5.75 Å². The topological polar surface area (TPSA) is 58.2 Å². The SMILES string of the molecule is CS(=O)(=O)CCNC1CCC2(CCNCC2)CC1. The fourth-order valence-corrected chi connectivity index (χ4v) is 3.83. The first-order valence-electron chi connectivity index (χ1n) is 7.11. The molecule has 2 rings (SSSR count). The van der Waals surface area contributed by atoms with Crippen molar-refractivity contribution in [2.75, 3.05) is 31.6 Å². The van der Waals surface area contributed by atoms with Gasteiger partial charge in [0.2, 0.25) is 0 Å². The molecule has 0 amide bonds. The quantitative estimate of drug-likeness (QED) is 0.801. The van der Waals surface area contributed by atoms with Crippen molar-refractivity contribution < 1.29 is 8.42 Å². The van der Waals surface area contributed by atoms with E-state index >= 15 is 0 Å². The Hall–Kier alpha value is -0.130. The second kappa shape index (κ2) is 5.88. The van der Waals surface area contributed by atoms with Crippen LogP contribution in [0.25, 0.3) is 0 Å². The summed E-state index contributed by atoms with van der Waals surface area (Å²) in [6.07, 6.45) is 9.00. The first-order chi connectivity index (χ1) is 8.49. The molecule has 4 nitrogen and oxygen atoms in total. The lowest BCUT2D eigenvalue weighted by atomic mass is 9.67. The number of piperidine rings is 1. The molecule has 106 valence electrons. The van der Waals surface area contributed by atoms with Gasteiger partial charge in [-0.05, 0) is 57.0 Å². The van der Waals surface area contributed by atoms with Crippen LogP contribution in [0.1, 0.15) is 38.5 Å². The summed E-state index contributed by atoms with van der Waals surface area (Å²) in [4.78, 5) is 0. The minimum absolute atomic E-state index is 0.262. The fourth-order valence-electron chi connectivity index (χ4n) is 3.34. The maximum absolute atomic E-state index is 11.1. The molecule has 1 aliphatic heterocycles. The number of hydrogen-bond donors (Lipinski definition) is 2. The van der Waals surface area contributed by atoms with Gasteiger partial charge < -0.3 is 10.6 Å². The van der Waals surface area contributed by atoms with Gasteiger partial charge in [-0.3, -0.25) is 0 Å². The van der Waals surface area contributed by atoms with E-state index in [1.807, 2.05) is 0 Å². The van der Waals surface area contributed by atoms with Gasteiger partial charge in [-0.1, -0.05) is 0 Å². The average Bonchev–Trinajstić information content (AvgIpc) is 2.32. The van der Waals surface area contributed by atoms with Crippen LogP contribution in [0.2, 0.25) is 0 Å². The average molecular weight is 274 g/mol. The third-order valence-corrected chi connectivity index (χ3v) is 5.56. The minimum atomic E-state index is -2.82. The molecule has 0 aromatic heterocycles. The van der Waals surface area contributed by atoms with Gasteiger partial charge in [0.05, 0.1) is 5.75 Å². The van der Waals surface area contributed by atoms with Crippen LogP contribution in [-0.4, -0.2) is 46.1 Å². The minimum Gasteiger partial charge on any atom is -0.317 e. The summed E-state index contributed by atoms with van der Waals surface area (Å²) in [5, 5.41) is 6.84. The molecule has 1 aliphatic carbocycles. The molecular formula is C13H26N2O2S. The molecule has 1 saturated carbocycles. The van der Waals surface area contributed by atoms with Crippen LogP contribution in [0.15, 0.2) is 0 Å². The Kier molecular flexibility index (Phi) is 4.67. The maximum atomic E-state index is 11.1. The van der Waals surface area contributed by atoms with Crippen molar-refractivity contribution in [1.82, 2.24) is 10.6 Å². The zero-order chi connectivity index (χ0) is 13.1. The number of hydrogen-bond acceptors (Lipinski definition) is 4. The summed E-state index contributed by atoms with van der Waals surface area (Å²) < 4.78 is 22.1. The predicted molar refractivity (Wildman–Crippen MR) is 74.5 cm³/mol. The first-order valence-corrected chi connectivity index (χ1v) is 9.17. The van der Waals surface area contributed by atoms with Crippen molar-refractivity contribution in [3.8, 4) is 0 Å². The van der Waals surface area contributed by atoms with Gasteiger partial charge in [-0.15, -0.1) is 0 Å². The molecule has 18 heavy (non-hydrogen) atoms. The Morgan fingerprint density at radius 1 is 1.17 bits per heavy atom. The summed E-state index contributed by atoms with van der Waals surface area (Å²) in [6.45, 7) is 2.95. The molecule has 1 heterocycles. The smallest absolute Gasteiger partial charge is 0.148 e. The van der Waals surface area contributed by atoms with Crippen LogP contribution in [0.3, 0.4) is 0 Å². The first kappa shape index (κ1) is 14.3. The molecule has 0 radical (unpaired) electrons. The molecule has 0 atom stereocenters. The third kappa shape index (κ3) is 4.21. The maximum Gasteiger partial charge on any atom is 0.148 e. The molecule has 2 N–H and O–H groups in total. The third-order valence-electron chi connectivity index (χ3n) is 4.62. The van der Waals surface area contributed by atoms with Crippen LogP contribution >= 0.6 is 0 Å². The van der Waals surface area contributed by atoms with Crippen molar-refractivity contribution in [3.05, 3.63) is 0 Å². The van der Waals surface area contributed by atoms with E-state index in [0.29, 0.717) is 18.0 Å². The normalized spacial score (nSPS) is 25.4. The molecule has 0 unspecified atom stereocenters. The van der Waals surface area contributed by atoms with E-state index in [0.717, 1.165) is 0 Å². The van der Waals surface area contributed by atoms with Gasteiger partial charge >= 0.3 is 0 Å². The second-order valence-electron chi connectivity index (χ2n) is 6.11. The lowest BCUT2D eigenvalue weighted by Crippen LogP contribution is -2.43. The van der Waals surface area contributed by atoms with Crippen molar-refractivity contribution in [2.24, 2.45) is 5.41 Å². The zero-order valence-corrected chi connectivity index (χ0v) is 12.2. The highest BCUT2D eigenvalue weighted by Gasteiger charge is 2.35. The Morgan fingerprint density at radius 3 is 2.33 bits per heavy atom. The zero-order valence-electron chi connectivity index (χ0n) is 11.4. The second-order valence-corrected chi connectivity index (χ2v) is 8.37. The molecule has 5 heteroatoms. The molecule has 2 fully saturated rings. The Labute approximate surface area is 111 Å². The van der Waals surface area contributed by atoms with Crippen LogP contribution in [0, 0.1) is 5.41 Å². The molecule has 1 saturated heterocycles. The van der Waals surface area contributed by atoms with Gasteiger partial charge in [-0.25, -0.2) is 8.42 Å². The molecule has 0 aromatic rings. The van der Waals surface area contributed by atoms with Crippen LogP contribution in [0.5, 0.6) is 0 Å². The molecule has 0 aromatic carbocycles. The largest absolute Gasteiger partial charge is 0.317 e. The summed E-state index contributed by atoms with van der Waals surface area (Å²) in [7, 11) is -2.82. The molecule has 2 aliphatic rings. The van der Waals surface area contributed by atoms with Crippen molar-refractivity contribution >= 4 is 9.84 Å². The number of sulfone groups is 1. The van der Waals surface area contributed by atoms with Crippen molar-refractivity contribution in [1.29, 1.82) is 0 Å². The highest BCUT2D eigenvalue weighted by Crippen LogP contribution is 2.43. The number of nitrogens with one attached hydrogen (secondary N) is 2. The summed E-state index contributed by atoms with van der Waals surface area (Å²) in [5.74, 6) is 0.262. The van der Waals surface area contributed by atoms with Crippen molar-refractivity contribution in [3.63, 3.8) is 0 Å². The Balaban J connectivity index is 1.70. The van der Waals surface area contributed by atoms with E-state index < -0.39 is 9.84 Å². The van der Waals surface area contributed by atoms with Gasteiger partial charge in [0.15, 0.2) is 0 Å². The van der Waals surface area contributed by atoms with Gasteiger partial charge in [0.25, 0.3) is 0 Å². The molecule has 1 spiro atoms. The molecule has 0 bridgehead atoms. The van der Waals surface area contributed by atoms with Crippen LogP contribution in [-0.2, 0) is 9.84 Å². The van der Waals surface area contributed by atoms with E-state index in [4.69, 9.17) is 0 Å². The summed E-state index contributed by atoms with van der Waals surface area (Å²) >= 11 is 0. The van der Waals surface area contributed by atoms with Crippen molar-refractivity contribution in [2.45, 2.75) is 44.6 Å². The number of rotatable bonds is 4. The van der Waals surface area contributed by atoms with Gasteiger partial charge in [-0.2, -0.15) is 0 Å². The highest BCUT2D eigenvalue weighted by molar-refractivity contribution is 7.90. The fraction of sp³-hybridized carbons (Fsp3) is 1.00. The lowest BCUT2D eigenvalue weighted by Gasteiger charge is -2.43. The predicted octanol–water partition coefficient (Wildman–Crippen LogP) is 0.933. The standard InChI is InChI=1S/C13H26N2O2S/c1-18(16,17)11-10-15-12-2-4-13(5-3-12)6-8-14-9-7-13/h12,14-15H,2-11H2,1H3. The van der Waals surface area contributed by atoms with E-state index in [2.05, 4.69) is 10.6 Å². The highest BCUT2D eigenvalue weighted by atomic mass is 32.2.